The van der Waals surface area contributed by atoms with Crippen LogP contribution in [-0.4, -0.2) is 42.8 Å². The van der Waals surface area contributed by atoms with E-state index in [9.17, 15) is 4.79 Å². The third-order valence-electron chi connectivity index (χ3n) is 6.62. The number of carbonyl (C=O) groups is 1. The van der Waals surface area contributed by atoms with E-state index < -0.39 is 0 Å². The maximum Gasteiger partial charge on any atom is 0.223 e. The summed E-state index contributed by atoms with van der Waals surface area (Å²) in [6.07, 6.45) is 15.9. The highest BCUT2D eigenvalue weighted by Gasteiger charge is 2.15. The number of hydrogen-bond donors (Lipinski definition) is 2. The molecule has 0 aliphatic carbocycles. The summed E-state index contributed by atoms with van der Waals surface area (Å²) in [5, 5.41) is 8.65. The van der Waals surface area contributed by atoms with E-state index >= 15 is 0 Å². The fourth-order valence-electron chi connectivity index (χ4n) is 4.01. The van der Waals surface area contributed by atoms with Gasteiger partial charge in [-0.25, -0.2) is 0 Å². The van der Waals surface area contributed by atoms with Crippen LogP contribution < -0.4 is 10.7 Å². The van der Waals surface area contributed by atoms with Crippen LogP contribution in [0.15, 0.2) is 115 Å². The molecule has 0 aliphatic rings. The Morgan fingerprint density at radius 1 is 1.04 bits per heavy atom. The van der Waals surface area contributed by atoms with Crippen molar-refractivity contribution >= 4 is 34.8 Å². The molecule has 2 aromatic carbocycles. The van der Waals surface area contributed by atoms with E-state index in [2.05, 4.69) is 72.9 Å². The molecule has 47 heavy (non-hydrogen) atoms. The molecule has 2 N–H and O–H groups in total. The van der Waals surface area contributed by atoms with Crippen molar-refractivity contribution in [3.05, 3.63) is 131 Å². The largest absolute Gasteiger partial charge is 0.501 e. The topological polar surface area (TPSA) is 66.0 Å². The average Bonchev–Trinajstić information content (AvgIpc) is 3.06. The molecule has 0 saturated heterocycles. The number of hydrogen-bond acceptors (Lipinski definition) is 5. The summed E-state index contributed by atoms with van der Waals surface area (Å²) in [5.74, 6) is -0.0454. The number of nitrogens with one attached hydrogen (secondary N) is 2. The van der Waals surface area contributed by atoms with Crippen LogP contribution in [0.2, 0.25) is 10.0 Å². The van der Waals surface area contributed by atoms with Crippen molar-refractivity contribution in [2.75, 3.05) is 26.2 Å². The molecule has 0 saturated carbocycles. The number of ether oxygens (including phenoxy) is 1. The molecular weight excluding hydrogens is 627 g/mol. The Bertz CT molecular complexity index is 1250. The van der Waals surface area contributed by atoms with Crippen LogP contribution >= 0.6 is 23.2 Å². The number of nitrogens with zero attached hydrogens (tertiary/aromatic N) is 2. The van der Waals surface area contributed by atoms with Gasteiger partial charge in [0.05, 0.1) is 31.0 Å². The molecule has 8 heteroatoms. The molecule has 0 heterocycles. The van der Waals surface area contributed by atoms with E-state index in [1.165, 1.54) is 6.26 Å². The Morgan fingerprint density at radius 3 is 2.21 bits per heavy atom. The summed E-state index contributed by atoms with van der Waals surface area (Å²) in [5.41, 5.74) is 6.34. The maximum absolute atomic E-state index is 12.7. The van der Waals surface area contributed by atoms with Crippen molar-refractivity contribution < 1.29 is 9.53 Å². The van der Waals surface area contributed by atoms with Crippen LogP contribution in [0.5, 0.6) is 0 Å². The predicted octanol–water partition coefficient (Wildman–Crippen LogP) is 10.4. The van der Waals surface area contributed by atoms with Crippen LogP contribution in [-0.2, 0) is 9.53 Å². The second-order valence-electron chi connectivity index (χ2n) is 10.3. The van der Waals surface area contributed by atoms with Gasteiger partial charge in [0.1, 0.15) is 0 Å². The minimum absolute atomic E-state index is 0.0259. The first-order valence-electron chi connectivity index (χ1n) is 16.3. The van der Waals surface area contributed by atoms with Gasteiger partial charge in [-0.15, -0.1) is 6.58 Å². The number of rotatable bonds is 18. The fourth-order valence-corrected chi connectivity index (χ4v) is 4.54. The molecule has 2 aromatic rings. The lowest BCUT2D eigenvalue weighted by Gasteiger charge is -2.22. The molecule has 258 valence electrons. The van der Waals surface area contributed by atoms with Gasteiger partial charge in [-0.3, -0.25) is 10.2 Å². The number of allylic oxidation sites excluding steroid dienone is 7. The van der Waals surface area contributed by atoms with Gasteiger partial charge in [0.15, 0.2) is 0 Å². The molecule has 6 nitrogen and oxygen atoms in total. The first-order chi connectivity index (χ1) is 22.7. The highest BCUT2D eigenvalue weighted by atomic mass is 35.5. The van der Waals surface area contributed by atoms with Crippen LogP contribution in [0.25, 0.3) is 0 Å². The van der Waals surface area contributed by atoms with Gasteiger partial charge in [0, 0.05) is 27.4 Å². The SMILES string of the molecule is C/C=C(\C)N/N=C(\C=C\OCCC(=O)NC(CCCN(CC)CC)c1ccccc1)c1cc(Cl)cc(Cl)c1.C=C/C=C/CC.C=CC. The summed E-state index contributed by atoms with van der Waals surface area (Å²) >= 11 is 12.4. The van der Waals surface area contributed by atoms with E-state index in [1.54, 1.807) is 36.4 Å². The molecule has 1 unspecified atom stereocenters. The van der Waals surface area contributed by atoms with Crippen LogP contribution in [0, 0.1) is 0 Å². The smallest absolute Gasteiger partial charge is 0.223 e. The quantitative estimate of drug-likeness (QED) is 0.0410. The molecule has 1 amide bonds. The maximum atomic E-state index is 12.7. The fraction of sp³-hybridized carbons (Fsp3) is 0.385. The molecule has 2 rings (SSSR count). The molecule has 0 spiro atoms. The van der Waals surface area contributed by atoms with Crippen molar-refractivity contribution in [3.8, 4) is 0 Å². The Morgan fingerprint density at radius 2 is 1.68 bits per heavy atom. The van der Waals surface area contributed by atoms with Crippen molar-refractivity contribution in [3.63, 3.8) is 0 Å². The lowest BCUT2D eigenvalue weighted by Crippen LogP contribution is -2.30. The first-order valence-corrected chi connectivity index (χ1v) is 17.1. The predicted molar refractivity (Wildman–Crippen MR) is 205 cm³/mol. The molecule has 0 bridgehead atoms. The van der Waals surface area contributed by atoms with E-state index in [4.69, 9.17) is 27.9 Å². The lowest BCUT2D eigenvalue weighted by molar-refractivity contribution is -0.122. The van der Waals surface area contributed by atoms with Crippen LogP contribution in [0.4, 0.5) is 0 Å². The van der Waals surface area contributed by atoms with Gasteiger partial charge in [-0.2, -0.15) is 5.10 Å². The summed E-state index contributed by atoms with van der Waals surface area (Å²) < 4.78 is 5.64. The summed E-state index contributed by atoms with van der Waals surface area (Å²) in [7, 11) is 0. The van der Waals surface area contributed by atoms with Crippen molar-refractivity contribution in [1.82, 2.24) is 15.6 Å². The van der Waals surface area contributed by atoms with Crippen molar-refractivity contribution in [1.29, 1.82) is 0 Å². The molecule has 1 atom stereocenters. The number of hydrazone groups is 1. The van der Waals surface area contributed by atoms with Crippen molar-refractivity contribution in [2.24, 2.45) is 5.10 Å². The van der Waals surface area contributed by atoms with E-state index in [1.807, 2.05) is 51.1 Å². The second-order valence-corrected chi connectivity index (χ2v) is 11.2. The minimum atomic E-state index is -0.0454. The average molecular weight is 684 g/mol. The van der Waals surface area contributed by atoms with Gasteiger partial charge in [0.2, 0.25) is 5.91 Å². The zero-order valence-electron chi connectivity index (χ0n) is 29.3. The highest BCUT2D eigenvalue weighted by molar-refractivity contribution is 6.35. The molecule has 0 aliphatic heterocycles. The molecule has 0 fully saturated rings. The number of halogens is 2. The summed E-state index contributed by atoms with van der Waals surface area (Å²) in [6, 6.07) is 15.3. The minimum Gasteiger partial charge on any atom is -0.501 e. The lowest BCUT2D eigenvalue weighted by atomic mass is 10.0. The van der Waals surface area contributed by atoms with Crippen molar-refractivity contribution in [2.45, 2.75) is 73.3 Å². The molecule has 0 aromatic heterocycles. The highest BCUT2D eigenvalue weighted by Crippen LogP contribution is 2.21. The number of benzene rings is 2. The Balaban J connectivity index is 0.00000207. The Hall–Kier alpha value is -3.58. The third-order valence-corrected chi connectivity index (χ3v) is 7.06. The Labute approximate surface area is 295 Å². The third kappa shape index (κ3) is 21.8. The van der Waals surface area contributed by atoms with E-state index in [-0.39, 0.29) is 25.0 Å². The zero-order chi connectivity index (χ0) is 35.3. The van der Waals surface area contributed by atoms with Gasteiger partial charge >= 0.3 is 0 Å². The molecular formula is C39H56Cl2N4O2. The summed E-state index contributed by atoms with van der Waals surface area (Å²) in [6.45, 7) is 22.4. The monoisotopic (exact) mass is 682 g/mol. The van der Waals surface area contributed by atoms with E-state index in [0.29, 0.717) is 15.8 Å². The number of amides is 1. The van der Waals surface area contributed by atoms with Gasteiger partial charge in [-0.1, -0.05) is 111 Å². The zero-order valence-corrected chi connectivity index (χ0v) is 30.8. The van der Waals surface area contributed by atoms with Crippen LogP contribution in [0.3, 0.4) is 0 Å². The molecule has 0 radical (unpaired) electrons. The van der Waals surface area contributed by atoms with Crippen LogP contribution in [0.1, 0.15) is 84.4 Å². The van der Waals surface area contributed by atoms with E-state index in [0.717, 1.165) is 55.7 Å². The van der Waals surface area contributed by atoms with Gasteiger partial charge in [0.25, 0.3) is 0 Å². The van der Waals surface area contributed by atoms with Gasteiger partial charge in [-0.05, 0) is 83.4 Å². The summed E-state index contributed by atoms with van der Waals surface area (Å²) in [4.78, 5) is 15.1. The normalized spacial score (nSPS) is 12.1. The standard InChI is InChI=1S/C30H40Cl2N4O2.C6H10.C3H6/c1-5-23(4)34-35-29(25-20-26(31)22-27(32)21-25)15-18-38-19-16-30(37)33-28(24-12-9-8-10-13-24)14-11-17-36(6-2)7-3;1-3-5-6-4-2;1-3-2/h5,8-10,12-13,15,18,20-22,28,34H,6-7,11,14,16-17,19H2,1-4H3,(H,33,37);3,5-6H,1,4H2,2H3;3H,1H2,2H3/b18-15+,23-5+,35-29+;6-5+;. The Kier molecular flexibility index (Phi) is 26.4. The number of carbonyl (C=O) groups excluding carboxylic acids is 1. The first kappa shape index (κ1) is 43.4. The second kappa shape index (κ2) is 28.6. The van der Waals surface area contributed by atoms with Gasteiger partial charge < -0.3 is 15.0 Å².